The Morgan fingerprint density at radius 1 is 1.11 bits per heavy atom. The van der Waals surface area contributed by atoms with Crippen molar-refractivity contribution in [2.75, 3.05) is 23.0 Å². The standard InChI is InChI=1S/C14H15N3OS/c1-19-11-5-3-10(4-6-11)17-14(18)12-7-2-9(15)8-13(12)16/h2-8H,15-16H2,1H3,(H,17,18). The van der Waals surface area contributed by atoms with E-state index in [2.05, 4.69) is 5.32 Å². The number of hydrogen-bond donors (Lipinski definition) is 3. The van der Waals surface area contributed by atoms with Gasteiger partial charge in [0.2, 0.25) is 0 Å². The molecular formula is C14H15N3OS. The van der Waals surface area contributed by atoms with Gasteiger partial charge in [0.05, 0.1) is 5.56 Å². The number of carbonyl (C=O) groups excluding carboxylic acids is 1. The minimum atomic E-state index is -0.241. The zero-order chi connectivity index (χ0) is 13.8. The molecule has 19 heavy (non-hydrogen) atoms. The van der Waals surface area contributed by atoms with E-state index in [4.69, 9.17) is 11.5 Å². The van der Waals surface area contributed by atoms with Gasteiger partial charge in [-0.1, -0.05) is 0 Å². The molecule has 0 bridgehead atoms. The highest BCUT2D eigenvalue weighted by atomic mass is 32.2. The molecule has 98 valence electrons. The lowest BCUT2D eigenvalue weighted by Crippen LogP contribution is -2.14. The van der Waals surface area contributed by atoms with E-state index < -0.39 is 0 Å². The van der Waals surface area contributed by atoms with Crippen molar-refractivity contribution in [1.82, 2.24) is 0 Å². The molecule has 0 aliphatic heterocycles. The third kappa shape index (κ3) is 3.20. The van der Waals surface area contributed by atoms with Crippen LogP contribution in [0.15, 0.2) is 47.4 Å². The maximum atomic E-state index is 12.1. The van der Waals surface area contributed by atoms with Crippen LogP contribution >= 0.6 is 11.8 Å². The third-order valence-corrected chi connectivity index (χ3v) is 3.41. The van der Waals surface area contributed by atoms with Gasteiger partial charge < -0.3 is 16.8 Å². The number of benzene rings is 2. The molecule has 0 aliphatic rings. The SMILES string of the molecule is CSc1ccc(NC(=O)c2ccc(N)cc2N)cc1. The monoisotopic (exact) mass is 273 g/mol. The number of nitrogens with one attached hydrogen (secondary N) is 1. The molecule has 1 amide bonds. The number of nitrogen functional groups attached to an aromatic ring is 2. The summed E-state index contributed by atoms with van der Waals surface area (Å²) in [5.41, 5.74) is 13.4. The first-order valence-corrected chi connectivity index (χ1v) is 6.93. The molecule has 0 heterocycles. The second kappa shape index (κ2) is 5.67. The van der Waals surface area contributed by atoms with Gasteiger partial charge in [0.1, 0.15) is 0 Å². The summed E-state index contributed by atoms with van der Waals surface area (Å²) in [6, 6.07) is 12.5. The molecule has 0 fully saturated rings. The molecule has 0 aromatic heterocycles. The van der Waals surface area contributed by atoms with Gasteiger partial charge in [-0.15, -0.1) is 11.8 Å². The summed E-state index contributed by atoms with van der Waals surface area (Å²) < 4.78 is 0. The first-order chi connectivity index (χ1) is 9.10. The van der Waals surface area contributed by atoms with Crippen molar-refractivity contribution in [3.8, 4) is 0 Å². The number of amides is 1. The normalized spacial score (nSPS) is 10.2. The summed E-state index contributed by atoms with van der Waals surface area (Å²) >= 11 is 1.65. The number of thioether (sulfide) groups is 1. The van der Waals surface area contributed by atoms with E-state index in [1.165, 1.54) is 0 Å². The average Bonchev–Trinajstić information content (AvgIpc) is 2.39. The Labute approximate surface area is 116 Å². The summed E-state index contributed by atoms with van der Waals surface area (Å²) in [6.45, 7) is 0. The Bertz CT molecular complexity index is 596. The number of rotatable bonds is 3. The minimum Gasteiger partial charge on any atom is -0.399 e. The van der Waals surface area contributed by atoms with Crippen LogP contribution in [0.3, 0.4) is 0 Å². The molecule has 0 radical (unpaired) electrons. The number of nitrogens with two attached hydrogens (primary N) is 2. The zero-order valence-electron chi connectivity index (χ0n) is 10.5. The minimum absolute atomic E-state index is 0.241. The van der Waals surface area contributed by atoms with Crippen LogP contribution in [0.2, 0.25) is 0 Å². The fraction of sp³-hybridized carbons (Fsp3) is 0.0714. The van der Waals surface area contributed by atoms with Gasteiger partial charge in [-0.05, 0) is 48.7 Å². The van der Waals surface area contributed by atoms with Crippen LogP contribution in [0.5, 0.6) is 0 Å². The predicted molar refractivity (Wildman–Crippen MR) is 81.4 cm³/mol. The lowest BCUT2D eigenvalue weighted by atomic mass is 10.1. The predicted octanol–water partition coefficient (Wildman–Crippen LogP) is 2.83. The summed E-state index contributed by atoms with van der Waals surface area (Å²) in [5, 5.41) is 2.80. The van der Waals surface area contributed by atoms with Gasteiger partial charge in [0.25, 0.3) is 5.91 Å². The summed E-state index contributed by atoms with van der Waals surface area (Å²) in [6.07, 6.45) is 2.00. The quantitative estimate of drug-likeness (QED) is 0.593. The van der Waals surface area contributed by atoms with Crippen LogP contribution < -0.4 is 16.8 Å². The van der Waals surface area contributed by atoms with E-state index in [1.54, 1.807) is 30.0 Å². The van der Waals surface area contributed by atoms with Crippen molar-refractivity contribution in [2.45, 2.75) is 4.90 Å². The van der Waals surface area contributed by atoms with E-state index in [9.17, 15) is 4.79 Å². The van der Waals surface area contributed by atoms with Crippen molar-refractivity contribution in [3.05, 3.63) is 48.0 Å². The van der Waals surface area contributed by atoms with Crippen LogP contribution in [-0.2, 0) is 0 Å². The van der Waals surface area contributed by atoms with Gasteiger partial charge in [-0.3, -0.25) is 4.79 Å². The highest BCUT2D eigenvalue weighted by Crippen LogP contribution is 2.20. The molecule has 0 saturated heterocycles. The van der Waals surface area contributed by atoms with Gasteiger partial charge in [-0.2, -0.15) is 0 Å². The largest absolute Gasteiger partial charge is 0.399 e. The number of anilines is 3. The third-order valence-electron chi connectivity index (χ3n) is 2.67. The Morgan fingerprint density at radius 3 is 2.37 bits per heavy atom. The van der Waals surface area contributed by atoms with Gasteiger partial charge in [0.15, 0.2) is 0 Å². The van der Waals surface area contributed by atoms with Crippen molar-refractivity contribution >= 4 is 34.7 Å². The first-order valence-electron chi connectivity index (χ1n) is 5.70. The lowest BCUT2D eigenvalue weighted by molar-refractivity contribution is 0.102. The van der Waals surface area contributed by atoms with Crippen LogP contribution in [0.1, 0.15) is 10.4 Å². The summed E-state index contributed by atoms with van der Waals surface area (Å²) in [4.78, 5) is 13.2. The summed E-state index contributed by atoms with van der Waals surface area (Å²) in [7, 11) is 0. The molecule has 0 aliphatic carbocycles. The topological polar surface area (TPSA) is 81.1 Å². The van der Waals surface area contributed by atoms with Gasteiger partial charge in [0, 0.05) is 22.0 Å². The Kier molecular flexibility index (Phi) is 3.97. The Balaban J connectivity index is 2.15. The van der Waals surface area contributed by atoms with E-state index in [0.717, 1.165) is 10.6 Å². The summed E-state index contributed by atoms with van der Waals surface area (Å²) in [5.74, 6) is -0.241. The van der Waals surface area contributed by atoms with Crippen LogP contribution in [-0.4, -0.2) is 12.2 Å². The molecule has 0 spiro atoms. The number of carbonyl (C=O) groups is 1. The van der Waals surface area contributed by atoms with Crippen LogP contribution in [0.25, 0.3) is 0 Å². The van der Waals surface area contributed by atoms with Crippen LogP contribution in [0, 0.1) is 0 Å². The van der Waals surface area contributed by atoms with E-state index in [1.807, 2.05) is 30.5 Å². The van der Waals surface area contributed by atoms with Crippen molar-refractivity contribution in [3.63, 3.8) is 0 Å². The molecule has 5 N–H and O–H groups in total. The second-order valence-electron chi connectivity index (χ2n) is 4.03. The fourth-order valence-electron chi connectivity index (χ4n) is 1.66. The maximum Gasteiger partial charge on any atom is 0.257 e. The highest BCUT2D eigenvalue weighted by Gasteiger charge is 2.09. The molecule has 2 rings (SSSR count). The number of hydrogen-bond acceptors (Lipinski definition) is 4. The molecular weight excluding hydrogens is 258 g/mol. The van der Waals surface area contributed by atoms with Crippen molar-refractivity contribution in [1.29, 1.82) is 0 Å². The molecule has 0 saturated carbocycles. The van der Waals surface area contributed by atoms with Crippen molar-refractivity contribution < 1.29 is 4.79 Å². The first kappa shape index (κ1) is 13.3. The van der Waals surface area contributed by atoms with Crippen LogP contribution in [0.4, 0.5) is 17.1 Å². The van der Waals surface area contributed by atoms with E-state index in [-0.39, 0.29) is 5.91 Å². The average molecular weight is 273 g/mol. The molecule has 0 unspecified atom stereocenters. The maximum absolute atomic E-state index is 12.1. The highest BCUT2D eigenvalue weighted by molar-refractivity contribution is 7.98. The van der Waals surface area contributed by atoms with E-state index >= 15 is 0 Å². The zero-order valence-corrected chi connectivity index (χ0v) is 11.3. The molecule has 5 heteroatoms. The molecule has 0 atom stereocenters. The van der Waals surface area contributed by atoms with Gasteiger partial charge in [-0.25, -0.2) is 0 Å². The van der Waals surface area contributed by atoms with Gasteiger partial charge >= 0.3 is 0 Å². The smallest absolute Gasteiger partial charge is 0.257 e. The fourth-order valence-corrected chi connectivity index (χ4v) is 2.07. The second-order valence-corrected chi connectivity index (χ2v) is 4.91. The van der Waals surface area contributed by atoms with Crippen molar-refractivity contribution in [2.24, 2.45) is 0 Å². The Morgan fingerprint density at radius 2 is 1.79 bits per heavy atom. The van der Waals surface area contributed by atoms with E-state index in [0.29, 0.717) is 16.9 Å². The Hall–Kier alpha value is -2.14. The molecule has 2 aromatic rings. The molecule has 2 aromatic carbocycles. The lowest BCUT2D eigenvalue weighted by Gasteiger charge is -2.08. The molecule has 4 nitrogen and oxygen atoms in total.